The van der Waals surface area contributed by atoms with E-state index in [-0.39, 0.29) is 0 Å². The van der Waals surface area contributed by atoms with Gasteiger partial charge in [-0.15, -0.1) is 0 Å². The summed E-state index contributed by atoms with van der Waals surface area (Å²) < 4.78 is 10.7. The smallest absolute Gasteiger partial charge is 0.132 e. The Morgan fingerprint density at radius 3 is 1.12 bits per heavy atom. The molecule has 192 valence electrons. The number of carbonyl (C=O) groups excluding carboxylic acids is 1. The average molecular weight is 471 g/mol. The molecule has 0 fully saturated rings. The van der Waals surface area contributed by atoms with E-state index in [4.69, 9.17) is 8.83 Å². The summed E-state index contributed by atoms with van der Waals surface area (Å²) in [4.78, 5) is 12.1. The zero-order valence-corrected chi connectivity index (χ0v) is 21.7. The van der Waals surface area contributed by atoms with E-state index in [0.717, 1.165) is 50.0 Å². The van der Waals surface area contributed by atoms with Gasteiger partial charge in [0, 0.05) is 25.7 Å². The molecule has 0 N–H and O–H groups in total. The van der Waals surface area contributed by atoms with Crippen LogP contribution in [-0.4, -0.2) is 5.78 Å². The van der Waals surface area contributed by atoms with Crippen LogP contribution in [0.4, 0.5) is 0 Å². The minimum absolute atomic E-state index is 0.494. The monoisotopic (exact) mass is 470 g/mol. The molecule has 2 aromatic heterocycles. The van der Waals surface area contributed by atoms with Crippen molar-refractivity contribution in [2.45, 2.75) is 141 Å². The van der Waals surface area contributed by atoms with E-state index in [1.165, 1.54) is 103 Å². The zero-order valence-electron chi connectivity index (χ0n) is 21.7. The number of unbranched alkanes of at least 4 members (excludes halogenated alkanes) is 16. The van der Waals surface area contributed by atoms with Crippen LogP contribution < -0.4 is 0 Å². The van der Waals surface area contributed by atoms with Crippen LogP contribution in [-0.2, 0) is 17.6 Å². The minimum Gasteiger partial charge on any atom is -0.469 e. The van der Waals surface area contributed by atoms with Crippen molar-refractivity contribution >= 4 is 5.78 Å². The Hall–Kier alpha value is -1.77. The minimum atomic E-state index is 0.494. The van der Waals surface area contributed by atoms with Crippen LogP contribution in [0.2, 0.25) is 0 Å². The third kappa shape index (κ3) is 16.0. The molecular formula is C31H50O3. The van der Waals surface area contributed by atoms with E-state index >= 15 is 0 Å². The van der Waals surface area contributed by atoms with Gasteiger partial charge in [0.15, 0.2) is 0 Å². The SMILES string of the molecule is O=C(CCCCCCCCCCCc1ccco1)CCCCCCCCCCCc1ccco1. The molecule has 0 radical (unpaired) electrons. The first-order valence-electron chi connectivity index (χ1n) is 14.4. The van der Waals surface area contributed by atoms with Crippen molar-refractivity contribution in [2.75, 3.05) is 0 Å². The Bertz CT molecular complexity index is 613. The molecule has 34 heavy (non-hydrogen) atoms. The van der Waals surface area contributed by atoms with Crippen LogP contribution >= 0.6 is 0 Å². The molecule has 0 spiro atoms. The topological polar surface area (TPSA) is 43.4 Å². The van der Waals surface area contributed by atoms with Crippen LogP contribution in [0, 0.1) is 0 Å². The fraction of sp³-hybridized carbons (Fsp3) is 0.710. The second-order valence-electron chi connectivity index (χ2n) is 10.1. The molecule has 0 bridgehead atoms. The quantitative estimate of drug-likeness (QED) is 0.143. The maximum Gasteiger partial charge on any atom is 0.132 e. The molecular weight excluding hydrogens is 420 g/mol. The van der Waals surface area contributed by atoms with E-state index in [0.29, 0.717) is 5.78 Å². The normalized spacial score (nSPS) is 11.3. The van der Waals surface area contributed by atoms with E-state index < -0.39 is 0 Å². The van der Waals surface area contributed by atoms with Crippen molar-refractivity contribution in [1.82, 2.24) is 0 Å². The third-order valence-electron chi connectivity index (χ3n) is 6.92. The highest BCUT2D eigenvalue weighted by molar-refractivity contribution is 5.78. The second kappa shape index (κ2) is 20.6. The highest BCUT2D eigenvalue weighted by atomic mass is 16.3. The Morgan fingerprint density at radius 1 is 0.471 bits per heavy atom. The number of hydrogen-bond acceptors (Lipinski definition) is 3. The fourth-order valence-corrected chi connectivity index (χ4v) is 4.75. The third-order valence-corrected chi connectivity index (χ3v) is 6.92. The van der Waals surface area contributed by atoms with Crippen molar-refractivity contribution in [3.8, 4) is 0 Å². The molecule has 0 aromatic carbocycles. The molecule has 0 aliphatic heterocycles. The summed E-state index contributed by atoms with van der Waals surface area (Å²) in [5, 5.41) is 0. The van der Waals surface area contributed by atoms with Crippen molar-refractivity contribution in [3.63, 3.8) is 0 Å². The predicted octanol–water partition coefficient (Wildman–Crippen LogP) is 10.0. The number of Topliss-reactive ketones (excluding diaryl/α,β-unsaturated/α-hetero) is 1. The lowest BCUT2D eigenvalue weighted by atomic mass is 10.0. The van der Waals surface area contributed by atoms with Gasteiger partial charge in [0.25, 0.3) is 0 Å². The molecule has 3 nitrogen and oxygen atoms in total. The van der Waals surface area contributed by atoms with Crippen LogP contribution in [0.1, 0.15) is 140 Å². The predicted molar refractivity (Wildman–Crippen MR) is 142 cm³/mol. The molecule has 0 saturated heterocycles. The van der Waals surface area contributed by atoms with Gasteiger partial charge in [-0.05, 0) is 49.9 Å². The number of furan rings is 2. The summed E-state index contributed by atoms with van der Waals surface area (Å²) in [7, 11) is 0. The molecule has 0 aliphatic rings. The molecule has 0 saturated carbocycles. The summed E-state index contributed by atoms with van der Waals surface area (Å²) in [6.07, 6.45) is 30.4. The first-order chi connectivity index (χ1) is 16.8. The summed E-state index contributed by atoms with van der Waals surface area (Å²) in [6.45, 7) is 0. The van der Waals surface area contributed by atoms with Gasteiger partial charge >= 0.3 is 0 Å². The number of hydrogen-bond donors (Lipinski definition) is 0. The lowest BCUT2D eigenvalue weighted by molar-refractivity contribution is -0.119. The first kappa shape index (κ1) is 28.5. The van der Waals surface area contributed by atoms with Gasteiger partial charge in [-0.25, -0.2) is 0 Å². The second-order valence-corrected chi connectivity index (χ2v) is 10.1. The maximum atomic E-state index is 12.1. The summed E-state index contributed by atoms with van der Waals surface area (Å²) in [5.41, 5.74) is 0. The van der Waals surface area contributed by atoms with E-state index in [1.807, 2.05) is 12.1 Å². The molecule has 3 heteroatoms. The van der Waals surface area contributed by atoms with Crippen molar-refractivity contribution < 1.29 is 13.6 Å². The zero-order chi connectivity index (χ0) is 23.9. The number of aryl methyl sites for hydroxylation is 2. The first-order valence-corrected chi connectivity index (χ1v) is 14.4. The van der Waals surface area contributed by atoms with Crippen LogP contribution in [0.15, 0.2) is 45.6 Å². The van der Waals surface area contributed by atoms with Crippen LogP contribution in [0.3, 0.4) is 0 Å². The summed E-state index contributed by atoms with van der Waals surface area (Å²) >= 11 is 0. The molecule has 0 unspecified atom stereocenters. The largest absolute Gasteiger partial charge is 0.469 e. The molecule has 0 atom stereocenters. The van der Waals surface area contributed by atoms with Gasteiger partial charge in [0.1, 0.15) is 17.3 Å². The van der Waals surface area contributed by atoms with Crippen molar-refractivity contribution in [1.29, 1.82) is 0 Å². The molecule has 2 heterocycles. The summed E-state index contributed by atoms with van der Waals surface area (Å²) in [5.74, 6) is 2.73. The number of rotatable bonds is 24. The lowest BCUT2D eigenvalue weighted by Crippen LogP contribution is -1.97. The average Bonchev–Trinajstić information content (AvgIpc) is 3.55. The van der Waals surface area contributed by atoms with Gasteiger partial charge in [0.05, 0.1) is 12.5 Å². The highest BCUT2D eigenvalue weighted by Gasteiger charge is 2.02. The number of ketones is 1. The van der Waals surface area contributed by atoms with Crippen LogP contribution in [0.25, 0.3) is 0 Å². The standard InChI is InChI=1S/C31H50O3/c32-29(21-15-11-7-3-1-5-9-13-17-23-30-25-19-27-33-30)22-16-12-8-4-2-6-10-14-18-24-31-26-20-28-34-31/h19-20,25-28H,1-18,21-24H2. The van der Waals surface area contributed by atoms with Gasteiger partial charge in [-0.2, -0.15) is 0 Å². The van der Waals surface area contributed by atoms with Crippen LogP contribution in [0.5, 0.6) is 0 Å². The van der Waals surface area contributed by atoms with Gasteiger partial charge in [0.2, 0.25) is 0 Å². The van der Waals surface area contributed by atoms with Gasteiger partial charge < -0.3 is 8.83 Å². The van der Waals surface area contributed by atoms with Gasteiger partial charge in [-0.3, -0.25) is 4.79 Å². The fourth-order valence-electron chi connectivity index (χ4n) is 4.75. The Morgan fingerprint density at radius 2 is 0.794 bits per heavy atom. The number of carbonyl (C=O) groups is 1. The van der Waals surface area contributed by atoms with E-state index in [1.54, 1.807) is 12.5 Å². The van der Waals surface area contributed by atoms with Gasteiger partial charge in [-0.1, -0.05) is 89.9 Å². The van der Waals surface area contributed by atoms with Crippen molar-refractivity contribution in [2.24, 2.45) is 0 Å². The molecule has 0 aliphatic carbocycles. The van der Waals surface area contributed by atoms with E-state index in [9.17, 15) is 4.79 Å². The van der Waals surface area contributed by atoms with E-state index in [2.05, 4.69) is 12.1 Å². The Balaban J connectivity index is 1.22. The molecule has 2 rings (SSSR count). The highest BCUT2D eigenvalue weighted by Crippen LogP contribution is 2.15. The lowest BCUT2D eigenvalue weighted by Gasteiger charge is -2.04. The Labute approximate surface area is 209 Å². The van der Waals surface area contributed by atoms with Crippen molar-refractivity contribution in [3.05, 3.63) is 48.3 Å². The maximum absolute atomic E-state index is 12.1. The molecule has 2 aromatic rings. The Kier molecular flexibility index (Phi) is 17.2. The molecule has 0 amide bonds. The summed E-state index contributed by atoms with van der Waals surface area (Å²) in [6, 6.07) is 8.08.